The first kappa shape index (κ1) is 29.1. The van der Waals surface area contributed by atoms with Crippen LogP contribution >= 0.6 is 24.0 Å². The van der Waals surface area contributed by atoms with Crippen molar-refractivity contribution in [2.24, 2.45) is 10.4 Å². The molecule has 7 nitrogen and oxygen atoms in total. The Morgan fingerprint density at radius 2 is 1.93 bits per heavy atom. The number of nitrogens with one attached hydrogen (secondary N) is 3. The molecule has 174 valence electrons. The summed E-state index contributed by atoms with van der Waals surface area (Å²) in [7, 11) is -0.272. The molecule has 9 heteroatoms. The zero-order valence-corrected chi connectivity index (χ0v) is 22.1. The first-order valence-corrected chi connectivity index (χ1v) is 11.7. The average Bonchev–Trinajstić information content (AvgIpc) is 2.68. The minimum atomic E-state index is -3.54. The summed E-state index contributed by atoms with van der Waals surface area (Å²) < 4.78 is 32.1. The molecule has 0 radical (unpaired) electrons. The van der Waals surface area contributed by atoms with Crippen LogP contribution in [-0.2, 0) is 21.3 Å². The zero-order chi connectivity index (χ0) is 21.8. The van der Waals surface area contributed by atoms with E-state index in [1.807, 2.05) is 6.07 Å². The maximum atomic E-state index is 12.4. The van der Waals surface area contributed by atoms with Gasteiger partial charge in [-0.15, -0.1) is 24.0 Å². The largest absolute Gasteiger partial charge is 0.383 e. The molecule has 0 amide bonds. The molecule has 0 saturated carbocycles. The Morgan fingerprint density at radius 1 is 1.20 bits per heavy atom. The number of benzene rings is 1. The van der Waals surface area contributed by atoms with E-state index in [1.165, 1.54) is 32.8 Å². The minimum Gasteiger partial charge on any atom is -0.383 e. The molecule has 0 heterocycles. The van der Waals surface area contributed by atoms with E-state index in [9.17, 15) is 8.42 Å². The number of hydrogen-bond acceptors (Lipinski definition) is 4. The maximum absolute atomic E-state index is 12.4. The number of sulfonamides is 1. The molecule has 1 aromatic carbocycles. The van der Waals surface area contributed by atoms with Crippen molar-refractivity contribution in [1.29, 1.82) is 0 Å². The Hall–Kier alpha value is -0.910. The molecule has 0 aromatic heterocycles. The molecule has 0 fully saturated rings. The van der Waals surface area contributed by atoms with Gasteiger partial charge >= 0.3 is 0 Å². The Kier molecular flexibility index (Phi) is 14.5. The van der Waals surface area contributed by atoms with Gasteiger partial charge in [0.15, 0.2) is 5.96 Å². The normalized spacial score (nSPS) is 12.4. The highest BCUT2D eigenvalue weighted by molar-refractivity contribution is 14.0. The Balaban J connectivity index is 0.00000841. The Morgan fingerprint density at radius 3 is 2.57 bits per heavy atom. The number of rotatable bonds is 13. The summed E-state index contributed by atoms with van der Waals surface area (Å²) in [6.07, 6.45) is 4.89. The van der Waals surface area contributed by atoms with Crippen LogP contribution < -0.4 is 15.4 Å². The van der Waals surface area contributed by atoms with Gasteiger partial charge in [-0.3, -0.25) is 4.99 Å². The van der Waals surface area contributed by atoms with E-state index >= 15 is 0 Å². The molecule has 3 N–H and O–H groups in total. The van der Waals surface area contributed by atoms with Gasteiger partial charge in [-0.2, -0.15) is 0 Å². The summed E-state index contributed by atoms with van der Waals surface area (Å²) in [6, 6.07) is 6.90. The van der Waals surface area contributed by atoms with Gasteiger partial charge in [0, 0.05) is 33.8 Å². The molecule has 0 unspecified atom stereocenters. The van der Waals surface area contributed by atoms with Crippen molar-refractivity contribution in [3.05, 3.63) is 29.8 Å². The highest BCUT2D eigenvalue weighted by atomic mass is 127. The predicted molar refractivity (Wildman–Crippen MR) is 135 cm³/mol. The molecule has 30 heavy (non-hydrogen) atoms. The van der Waals surface area contributed by atoms with Crippen LogP contribution in [0.3, 0.4) is 0 Å². The van der Waals surface area contributed by atoms with Crippen LogP contribution in [-0.4, -0.2) is 48.2 Å². The first-order chi connectivity index (χ1) is 13.7. The van der Waals surface area contributed by atoms with Gasteiger partial charge in [-0.1, -0.05) is 52.2 Å². The van der Waals surface area contributed by atoms with Gasteiger partial charge < -0.3 is 15.4 Å². The number of methoxy groups -OCH3 is 1. The van der Waals surface area contributed by atoms with Crippen LogP contribution in [0.25, 0.3) is 0 Å². The van der Waals surface area contributed by atoms with Crippen LogP contribution in [0.1, 0.15) is 52.0 Å². The highest BCUT2D eigenvalue weighted by Gasteiger charge is 2.18. The van der Waals surface area contributed by atoms with E-state index < -0.39 is 10.0 Å². The van der Waals surface area contributed by atoms with Crippen molar-refractivity contribution < 1.29 is 13.2 Å². The lowest BCUT2D eigenvalue weighted by Crippen LogP contribution is -2.41. The number of guanidine groups is 1. The van der Waals surface area contributed by atoms with Crippen LogP contribution in [0.5, 0.6) is 0 Å². The Labute approximate surface area is 199 Å². The fraction of sp³-hybridized carbons (Fsp3) is 0.667. The Bertz CT molecular complexity index is 740. The number of nitrogens with zero attached hydrogens (tertiary/aromatic N) is 1. The molecular formula is C21H39IN4O3S. The van der Waals surface area contributed by atoms with Crippen molar-refractivity contribution >= 4 is 40.0 Å². The van der Waals surface area contributed by atoms with Crippen molar-refractivity contribution in [3.8, 4) is 0 Å². The highest BCUT2D eigenvalue weighted by Crippen LogP contribution is 2.22. The van der Waals surface area contributed by atoms with Gasteiger partial charge in [0.05, 0.1) is 11.5 Å². The minimum absolute atomic E-state index is 0. The lowest BCUT2D eigenvalue weighted by molar-refractivity contribution is 0.204. The zero-order valence-electron chi connectivity index (χ0n) is 19.0. The summed E-state index contributed by atoms with van der Waals surface area (Å²) in [5.74, 6) is 0.708. The summed E-state index contributed by atoms with van der Waals surface area (Å²) >= 11 is 0. The van der Waals surface area contributed by atoms with E-state index in [1.54, 1.807) is 25.2 Å². The number of hydrogen-bond donors (Lipinski definition) is 3. The summed E-state index contributed by atoms with van der Waals surface area (Å²) in [5.41, 5.74) is 1.05. The number of aliphatic imine (C=N–C) groups is 1. The van der Waals surface area contributed by atoms with E-state index in [-0.39, 0.29) is 40.8 Å². The molecule has 1 rings (SSSR count). The smallest absolute Gasteiger partial charge is 0.240 e. The third-order valence-electron chi connectivity index (χ3n) is 4.68. The van der Waals surface area contributed by atoms with E-state index in [4.69, 9.17) is 4.74 Å². The van der Waals surface area contributed by atoms with Gasteiger partial charge in [0.1, 0.15) is 0 Å². The first-order valence-electron chi connectivity index (χ1n) is 10.3. The standard InChI is InChI=1S/C21H38N4O3S.HI/c1-6-7-8-12-21(2,3)17-24-20(22-4)23-16-18-10-9-11-19(15-18)29(26,27)25-13-14-28-5;/h9-11,15,25H,6-8,12-14,16-17H2,1-5H3,(H2,22,23,24);1H. The number of ether oxygens (including phenoxy) is 1. The molecule has 0 aliphatic carbocycles. The molecule has 0 aliphatic heterocycles. The van der Waals surface area contributed by atoms with E-state index in [0.29, 0.717) is 19.1 Å². The van der Waals surface area contributed by atoms with Gasteiger partial charge in [0.25, 0.3) is 0 Å². The predicted octanol–water partition coefficient (Wildman–Crippen LogP) is 3.50. The molecule has 0 saturated heterocycles. The van der Waals surface area contributed by atoms with Crippen molar-refractivity contribution in [2.45, 2.75) is 57.9 Å². The third-order valence-corrected chi connectivity index (χ3v) is 6.14. The summed E-state index contributed by atoms with van der Waals surface area (Å²) in [4.78, 5) is 4.52. The van der Waals surface area contributed by atoms with Gasteiger partial charge in [-0.25, -0.2) is 13.1 Å². The second kappa shape index (κ2) is 15.0. The van der Waals surface area contributed by atoms with Crippen molar-refractivity contribution in [3.63, 3.8) is 0 Å². The second-order valence-corrected chi connectivity index (χ2v) is 9.71. The molecule has 0 aliphatic rings. The van der Waals surface area contributed by atoms with E-state index in [2.05, 4.69) is 41.1 Å². The lowest BCUT2D eigenvalue weighted by Gasteiger charge is -2.26. The fourth-order valence-corrected chi connectivity index (χ4v) is 3.94. The lowest BCUT2D eigenvalue weighted by atomic mass is 9.87. The monoisotopic (exact) mass is 554 g/mol. The van der Waals surface area contributed by atoms with Gasteiger partial charge in [-0.05, 0) is 29.5 Å². The third kappa shape index (κ3) is 11.5. The van der Waals surface area contributed by atoms with Crippen molar-refractivity contribution in [2.75, 3.05) is 33.9 Å². The number of halogens is 1. The second-order valence-electron chi connectivity index (χ2n) is 7.94. The molecular weight excluding hydrogens is 515 g/mol. The van der Waals surface area contributed by atoms with E-state index in [0.717, 1.165) is 12.1 Å². The SMILES string of the molecule is CCCCCC(C)(C)CNC(=NC)NCc1cccc(S(=O)(=O)NCCOC)c1.I. The molecule has 0 spiro atoms. The topological polar surface area (TPSA) is 91.8 Å². The number of unbranched alkanes of at least 4 members (excludes halogenated alkanes) is 2. The molecule has 1 aromatic rings. The average molecular weight is 555 g/mol. The maximum Gasteiger partial charge on any atom is 0.240 e. The molecule has 0 atom stereocenters. The van der Waals surface area contributed by atoms with Crippen LogP contribution in [0, 0.1) is 5.41 Å². The van der Waals surface area contributed by atoms with Crippen LogP contribution in [0.15, 0.2) is 34.2 Å². The molecule has 0 bridgehead atoms. The summed E-state index contributed by atoms with van der Waals surface area (Å²) in [5, 5.41) is 6.64. The van der Waals surface area contributed by atoms with Crippen LogP contribution in [0.2, 0.25) is 0 Å². The fourth-order valence-electron chi connectivity index (χ4n) is 2.86. The van der Waals surface area contributed by atoms with Crippen LogP contribution in [0.4, 0.5) is 0 Å². The van der Waals surface area contributed by atoms with Gasteiger partial charge in [0.2, 0.25) is 10.0 Å². The quantitative estimate of drug-likeness (QED) is 0.150. The van der Waals surface area contributed by atoms with Crippen molar-refractivity contribution in [1.82, 2.24) is 15.4 Å². The summed E-state index contributed by atoms with van der Waals surface area (Å²) in [6.45, 7) is 8.61.